The van der Waals surface area contributed by atoms with E-state index in [9.17, 15) is 9.59 Å². The molecule has 0 radical (unpaired) electrons. The largest absolute Gasteiger partial charge is 0.458 e. The summed E-state index contributed by atoms with van der Waals surface area (Å²) < 4.78 is 17.0. The Morgan fingerprint density at radius 3 is 2.70 bits per heavy atom. The Labute approximate surface area is 159 Å². The van der Waals surface area contributed by atoms with Gasteiger partial charge in [0.1, 0.15) is 29.8 Å². The molecule has 0 N–H and O–H groups in total. The van der Waals surface area contributed by atoms with E-state index in [2.05, 4.69) is 13.8 Å². The van der Waals surface area contributed by atoms with Crippen LogP contribution >= 0.6 is 0 Å². The van der Waals surface area contributed by atoms with Gasteiger partial charge in [-0.1, -0.05) is 38.1 Å². The van der Waals surface area contributed by atoms with E-state index in [1.165, 1.54) is 6.92 Å². The molecule has 0 aromatic heterocycles. The minimum Gasteiger partial charge on any atom is -0.458 e. The lowest BCUT2D eigenvalue weighted by molar-refractivity contribution is -0.147. The van der Waals surface area contributed by atoms with E-state index in [4.69, 9.17) is 14.2 Å². The van der Waals surface area contributed by atoms with Crippen LogP contribution in [0.2, 0.25) is 0 Å². The van der Waals surface area contributed by atoms with Crippen LogP contribution in [0.1, 0.15) is 60.3 Å². The van der Waals surface area contributed by atoms with Crippen molar-refractivity contribution in [2.45, 2.75) is 46.8 Å². The third-order valence-corrected chi connectivity index (χ3v) is 4.45. The van der Waals surface area contributed by atoms with Crippen LogP contribution in [0, 0.1) is 12.8 Å². The summed E-state index contributed by atoms with van der Waals surface area (Å²) in [7, 11) is 0. The minimum absolute atomic E-state index is 0.152. The summed E-state index contributed by atoms with van der Waals surface area (Å²) in [4.78, 5) is 24.1. The Morgan fingerprint density at radius 2 is 2.00 bits per heavy atom. The molecule has 0 fully saturated rings. The van der Waals surface area contributed by atoms with Crippen LogP contribution in [0.15, 0.2) is 36.4 Å². The summed E-state index contributed by atoms with van der Waals surface area (Å²) in [6, 6.07) is 11.0. The molecule has 1 aliphatic rings. The number of esters is 2. The lowest BCUT2D eigenvalue weighted by Gasteiger charge is -2.23. The SMILES string of the molecule is CC(=O)OC(CC(C)C)c1ccc2c(c1)C(=O)OCc1cccc(C)c1O2. The summed E-state index contributed by atoms with van der Waals surface area (Å²) in [5.74, 6) is 0.665. The first kappa shape index (κ1) is 19.0. The molecule has 5 heteroatoms. The van der Waals surface area contributed by atoms with Gasteiger partial charge in [0, 0.05) is 12.5 Å². The molecule has 1 heterocycles. The van der Waals surface area contributed by atoms with Gasteiger partial charge in [0.25, 0.3) is 0 Å². The number of carbonyl (C=O) groups is 2. The van der Waals surface area contributed by atoms with Crippen molar-refractivity contribution in [1.29, 1.82) is 0 Å². The number of para-hydroxylation sites is 1. The zero-order valence-corrected chi connectivity index (χ0v) is 16.1. The maximum Gasteiger partial charge on any atom is 0.342 e. The van der Waals surface area contributed by atoms with E-state index in [0.717, 1.165) is 16.7 Å². The van der Waals surface area contributed by atoms with Crippen molar-refractivity contribution in [3.63, 3.8) is 0 Å². The summed E-state index contributed by atoms with van der Waals surface area (Å²) in [5, 5.41) is 0. The molecule has 0 spiro atoms. The quantitative estimate of drug-likeness (QED) is 0.702. The number of rotatable bonds is 4. The third-order valence-electron chi connectivity index (χ3n) is 4.45. The smallest absolute Gasteiger partial charge is 0.342 e. The van der Waals surface area contributed by atoms with Crippen molar-refractivity contribution < 1.29 is 23.8 Å². The highest BCUT2D eigenvalue weighted by molar-refractivity contribution is 5.93. The highest BCUT2D eigenvalue weighted by Crippen LogP contribution is 2.36. The number of hydrogen-bond acceptors (Lipinski definition) is 5. The van der Waals surface area contributed by atoms with Gasteiger partial charge in [0.2, 0.25) is 0 Å². The minimum atomic E-state index is -0.454. The average molecular weight is 368 g/mol. The number of ether oxygens (including phenoxy) is 3. The van der Waals surface area contributed by atoms with Crippen molar-refractivity contribution in [2.75, 3.05) is 0 Å². The standard InChI is InChI=1S/C22H24O5/c1-13(2)10-20(26-15(4)23)16-8-9-19-18(11-16)22(24)25-12-17-7-5-6-14(3)21(17)27-19/h5-9,11,13,20H,10,12H2,1-4H3. The zero-order valence-electron chi connectivity index (χ0n) is 16.1. The van der Waals surface area contributed by atoms with Crippen molar-refractivity contribution in [3.8, 4) is 11.5 Å². The van der Waals surface area contributed by atoms with Gasteiger partial charge < -0.3 is 14.2 Å². The van der Waals surface area contributed by atoms with Crippen LogP contribution in [0.25, 0.3) is 0 Å². The number of aryl methyl sites for hydroxylation is 1. The van der Waals surface area contributed by atoms with Crippen LogP contribution in [0.4, 0.5) is 0 Å². The van der Waals surface area contributed by atoms with E-state index in [0.29, 0.717) is 29.4 Å². The van der Waals surface area contributed by atoms with Gasteiger partial charge in [0.15, 0.2) is 0 Å². The van der Waals surface area contributed by atoms with Gasteiger partial charge >= 0.3 is 11.9 Å². The van der Waals surface area contributed by atoms with Gasteiger partial charge in [-0.2, -0.15) is 0 Å². The van der Waals surface area contributed by atoms with Crippen LogP contribution in [0.5, 0.6) is 11.5 Å². The highest BCUT2D eigenvalue weighted by atomic mass is 16.5. The molecule has 0 amide bonds. The molecule has 0 bridgehead atoms. The Morgan fingerprint density at radius 1 is 1.22 bits per heavy atom. The van der Waals surface area contributed by atoms with Gasteiger partial charge in [-0.3, -0.25) is 4.79 Å². The lowest BCUT2D eigenvalue weighted by Crippen LogP contribution is -2.15. The van der Waals surface area contributed by atoms with Crippen molar-refractivity contribution in [3.05, 3.63) is 58.7 Å². The molecule has 0 aliphatic carbocycles. The van der Waals surface area contributed by atoms with E-state index < -0.39 is 12.1 Å². The Kier molecular flexibility index (Phi) is 5.49. The third kappa shape index (κ3) is 4.30. The van der Waals surface area contributed by atoms with Crippen LogP contribution in [-0.4, -0.2) is 11.9 Å². The fraction of sp³-hybridized carbons (Fsp3) is 0.364. The molecule has 2 aromatic carbocycles. The summed E-state index contributed by atoms with van der Waals surface area (Å²) in [6.07, 6.45) is 0.246. The maximum atomic E-state index is 12.6. The Balaban J connectivity index is 2.01. The molecule has 1 aliphatic heterocycles. The molecule has 27 heavy (non-hydrogen) atoms. The fourth-order valence-electron chi connectivity index (χ4n) is 3.18. The normalized spacial score (nSPS) is 14.2. The Bertz CT molecular complexity index is 869. The highest BCUT2D eigenvalue weighted by Gasteiger charge is 2.24. The lowest BCUT2D eigenvalue weighted by atomic mass is 9.97. The topological polar surface area (TPSA) is 61.8 Å². The molecule has 3 rings (SSSR count). The summed E-state index contributed by atoms with van der Waals surface area (Å²) in [6.45, 7) is 7.61. The number of benzene rings is 2. The second-order valence-corrected chi connectivity index (χ2v) is 7.22. The van der Waals surface area contributed by atoms with E-state index >= 15 is 0 Å². The summed E-state index contributed by atoms with van der Waals surface area (Å²) in [5.41, 5.74) is 2.89. The molecule has 0 saturated carbocycles. The fourth-order valence-corrected chi connectivity index (χ4v) is 3.18. The van der Waals surface area contributed by atoms with Crippen molar-refractivity contribution in [1.82, 2.24) is 0 Å². The van der Waals surface area contributed by atoms with Gasteiger partial charge in [-0.25, -0.2) is 4.79 Å². The molecule has 142 valence electrons. The predicted molar refractivity (Wildman–Crippen MR) is 101 cm³/mol. The van der Waals surface area contributed by atoms with Crippen LogP contribution in [0.3, 0.4) is 0 Å². The van der Waals surface area contributed by atoms with Crippen LogP contribution < -0.4 is 4.74 Å². The second-order valence-electron chi connectivity index (χ2n) is 7.22. The van der Waals surface area contributed by atoms with Gasteiger partial charge in [0.05, 0.1) is 0 Å². The molecule has 1 unspecified atom stereocenters. The average Bonchev–Trinajstić information content (AvgIpc) is 2.59. The number of carbonyl (C=O) groups excluding carboxylic acids is 2. The maximum absolute atomic E-state index is 12.6. The predicted octanol–water partition coefficient (Wildman–Crippen LogP) is 5.11. The Hall–Kier alpha value is -2.82. The molecule has 1 atom stereocenters. The molecule has 2 aromatic rings. The van der Waals surface area contributed by atoms with E-state index in [1.807, 2.05) is 31.2 Å². The summed E-state index contributed by atoms with van der Waals surface area (Å²) >= 11 is 0. The van der Waals surface area contributed by atoms with Gasteiger partial charge in [-0.15, -0.1) is 0 Å². The van der Waals surface area contributed by atoms with Gasteiger partial charge in [-0.05, 0) is 42.5 Å². The molecular formula is C22H24O5. The number of fused-ring (bicyclic) bond motifs is 2. The second kappa shape index (κ2) is 7.82. The molecule has 0 saturated heterocycles. The van der Waals surface area contributed by atoms with Crippen molar-refractivity contribution in [2.24, 2.45) is 5.92 Å². The first-order valence-corrected chi connectivity index (χ1v) is 9.09. The van der Waals surface area contributed by atoms with Crippen molar-refractivity contribution >= 4 is 11.9 Å². The van der Waals surface area contributed by atoms with E-state index in [1.54, 1.807) is 12.1 Å². The number of cyclic esters (lactones) is 1. The first-order chi connectivity index (χ1) is 12.8. The zero-order chi connectivity index (χ0) is 19.6. The molecule has 5 nitrogen and oxygen atoms in total. The van der Waals surface area contributed by atoms with E-state index in [-0.39, 0.29) is 12.6 Å². The van der Waals surface area contributed by atoms with Crippen LogP contribution in [-0.2, 0) is 20.9 Å². The monoisotopic (exact) mass is 368 g/mol. The number of hydrogen-bond donors (Lipinski definition) is 0. The first-order valence-electron chi connectivity index (χ1n) is 9.09. The molecular weight excluding hydrogens is 344 g/mol.